The monoisotopic (exact) mass is 250 g/mol. The van der Waals surface area contributed by atoms with Crippen LogP contribution in [0.15, 0.2) is 5.16 Å². The number of nitrogen functional groups attached to an aromatic ring is 1. The second-order valence-electron chi connectivity index (χ2n) is 3.91. The lowest BCUT2D eigenvalue weighted by Crippen LogP contribution is -2.06. The van der Waals surface area contributed by atoms with Crippen LogP contribution in [0.5, 0.6) is 0 Å². The van der Waals surface area contributed by atoms with E-state index in [1.807, 2.05) is 0 Å². The molecule has 2 N–H and O–H groups in total. The number of rotatable bonds is 5. The third-order valence-corrected chi connectivity index (χ3v) is 3.60. The summed E-state index contributed by atoms with van der Waals surface area (Å²) < 4.78 is 0. The average molecular weight is 250 g/mol. The van der Waals surface area contributed by atoms with Crippen LogP contribution in [0.2, 0.25) is 0 Å². The molecule has 0 saturated carbocycles. The number of aromatic nitrogens is 2. The van der Waals surface area contributed by atoms with Gasteiger partial charge in [0, 0.05) is 5.25 Å². The molecule has 0 aliphatic rings. The van der Waals surface area contributed by atoms with Crippen LogP contribution in [0.25, 0.3) is 0 Å². The van der Waals surface area contributed by atoms with Crippen LogP contribution in [0.4, 0.5) is 5.82 Å². The molecule has 1 atom stereocenters. The number of anilines is 1. The zero-order chi connectivity index (χ0) is 12.8. The van der Waals surface area contributed by atoms with Crippen molar-refractivity contribution in [3.63, 3.8) is 0 Å². The molecule has 4 nitrogen and oxygen atoms in total. The molecular formula is C12H18N4S. The summed E-state index contributed by atoms with van der Waals surface area (Å²) in [4.78, 5) is 8.61. The van der Waals surface area contributed by atoms with Crippen molar-refractivity contribution in [2.75, 3.05) is 5.73 Å². The molecule has 0 aliphatic heterocycles. The standard InChI is InChI=1S/C12H18N4S/c1-4-6-10-9(7-13)11(14)16-12(15-10)17-8(3)5-2/h8H,4-6H2,1-3H3,(H2,14,15,16)/t8-/m0/s1. The molecule has 0 bridgehead atoms. The van der Waals surface area contributed by atoms with Gasteiger partial charge in [0.15, 0.2) is 5.16 Å². The maximum atomic E-state index is 9.03. The van der Waals surface area contributed by atoms with E-state index in [9.17, 15) is 0 Å². The van der Waals surface area contributed by atoms with Gasteiger partial charge in [-0.2, -0.15) is 5.26 Å². The highest BCUT2D eigenvalue weighted by atomic mass is 32.2. The van der Waals surface area contributed by atoms with E-state index in [-0.39, 0.29) is 0 Å². The van der Waals surface area contributed by atoms with Gasteiger partial charge in [0.1, 0.15) is 17.5 Å². The van der Waals surface area contributed by atoms with Crippen molar-refractivity contribution in [2.45, 2.75) is 50.4 Å². The maximum absolute atomic E-state index is 9.03. The molecule has 0 amide bonds. The molecule has 5 heteroatoms. The minimum absolute atomic E-state index is 0.303. The number of aryl methyl sites for hydroxylation is 1. The average Bonchev–Trinajstić information content (AvgIpc) is 2.29. The van der Waals surface area contributed by atoms with Gasteiger partial charge in [0.05, 0.1) is 5.69 Å². The zero-order valence-corrected chi connectivity index (χ0v) is 11.3. The fraction of sp³-hybridized carbons (Fsp3) is 0.583. The van der Waals surface area contributed by atoms with Gasteiger partial charge in [-0.15, -0.1) is 0 Å². The van der Waals surface area contributed by atoms with E-state index in [1.54, 1.807) is 11.8 Å². The summed E-state index contributed by atoms with van der Waals surface area (Å²) in [6, 6.07) is 2.08. The Kier molecular flexibility index (Phi) is 5.23. The topological polar surface area (TPSA) is 75.6 Å². The molecule has 0 aliphatic carbocycles. The van der Waals surface area contributed by atoms with Crippen molar-refractivity contribution in [3.05, 3.63) is 11.3 Å². The number of thioether (sulfide) groups is 1. The maximum Gasteiger partial charge on any atom is 0.190 e. The lowest BCUT2D eigenvalue weighted by atomic mass is 10.1. The molecule has 0 radical (unpaired) electrons. The van der Waals surface area contributed by atoms with E-state index in [0.29, 0.717) is 21.8 Å². The molecule has 1 heterocycles. The van der Waals surface area contributed by atoms with Crippen molar-refractivity contribution in [3.8, 4) is 6.07 Å². The molecule has 0 aromatic carbocycles. The van der Waals surface area contributed by atoms with Crippen LogP contribution >= 0.6 is 11.8 Å². The first kappa shape index (κ1) is 13.8. The largest absolute Gasteiger partial charge is 0.382 e. The number of nitrogens with two attached hydrogens (primary N) is 1. The minimum Gasteiger partial charge on any atom is -0.382 e. The number of hydrogen-bond acceptors (Lipinski definition) is 5. The first-order valence-corrected chi connectivity index (χ1v) is 6.73. The van der Waals surface area contributed by atoms with Gasteiger partial charge < -0.3 is 5.73 Å². The Hall–Kier alpha value is -1.28. The third-order valence-electron chi connectivity index (χ3n) is 2.47. The molecule has 1 aromatic heterocycles. The van der Waals surface area contributed by atoms with Gasteiger partial charge >= 0.3 is 0 Å². The van der Waals surface area contributed by atoms with Gasteiger partial charge in [-0.05, 0) is 12.8 Å². The molecule has 0 saturated heterocycles. The molecule has 92 valence electrons. The van der Waals surface area contributed by atoms with Crippen LogP contribution < -0.4 is 5.73 Å². The van der Waals surface area contributed by atoms with Crippen LogP contribution in [-0.2, 0) is 6.42 Å². The van der Waals surface area contributed by atoms with Crippen molar-refractivity contribution < 1.29 is 0 Å². The van der Waals surface area contributed by atoms with Gasteiger partial charge in [-0.3, -0.25) is 0 Å². The van der Waals surface area contributed by atoms with Crippen LogP contribution in [-0.4, -0.2) is 15.2 Å². The SMILES string of the molecule is CCCc1nc(S[C@@H](C)CC)nc(N)c1C#N. The summed E-state index contributed by atoms with van der Waals surface area (Å²) >= 11 is 1.61. The Balaban J connectivity index is 3.06. The molecule has 1 aromatic rings. The number of hydrogen-bond donors (Lipinski definition) is 1. The van der Waals surface area contributed by atoms with Crippen LogP contribution in [0.3, 0.4) is 0 Å². The van der Waals surface area contributed by atoms with Crippen molar-refractivity contribution in [1.29, 1.82) is 5.26 Å². The summed E-state index contributed by atoms with van der Waals surface area (Å²) in [5, 5.41) is 10.2. The number of nitriles is 1. The molecule has 1 rings (SSSR count). The Labute approximate surface area is 107 Å². The predicted molar refractivity (Wildman–Crippen MR) is 70.8 cm³/mol. The summed E-state index contributed by atoms with van der Waals surface area (Å²) in [6.45, 7) is 6.31. The Morgan fingerprint density at radius 2 is 2.12 bits per heavy atom. The highest BCUT2D eigenvalue weighted by molar-refractivity contribution is 7.99. The van der Waals surface area contributed by atoms with E-state index in [0.717, 1.165) is 25.0 Å². The van der Waals surface area contributed by atoms with Gasteiger partial charge in [-0.1, -0.05) is 39.0 Å². The highest BCUT2D eigenvalue weighted by Gasteiger charge is 2.13. The summed E-state index contributed by atoms with van der Waals surface area (Å²) in [5.74, 6) is 0.303. The van der Waals surface area contributed by atoms with Crippen LogP contribution in [0.1, 0.15) is 44.9 Å². The fourth-order valence-electron chi connectivity index (χ4n) is 1.36. The molecule has 17 heavy (non-hydrogen) atoms. The van der Waals surface area contributed by atoms with Gasteiger partial charge in [0.2, 0.25) is 0 Å². The first-order valence-electron chi connectivity index (χ1n) is 5.85. The Bertz CT molecular complexity index is 425. The van der Waals surface area contributed by atoms with Crippen molar-refractivity contribution >= 4 is 17.6 Å². The van der Waals surface area contributed by atoms with E-state index in [2.05, 4.69) is 36.8 Å². The predicted octanol–water partition coefficient (Wildman–Crippen LogP) is 2.77. The van der Waals surface area contributed by atoms with Crippen LogP contribution in [0, 0.1) is 11.3 Å². The normalized spacial score (nSPS) is 12.1. The third kappa shape index (κ3) is 3.60. The molecular weight excluding hydrogens is 232 g/mol. The zero-order valence-electron chi connectivity index (χ0n) is 10.5. The second kappa shape index (κ2) is 6.45. The quantitative estimate of drug-likeness (QED) is 0.642. The van der Waals surface area contributed by atoms with E-state index < -0.39 is 0 Å². The van der Waals surface area contributed by atoms with E-state index >= 15 is 0 Å². The lowest BCUT2D eigenvalue weighted by molar-refractivity contribution is 0.818. The van der Waals surface area contributed by atoms with Gasteiger partial charge in [-0.25, -0.2) is 9.97 Å². The Morgan fingerprint density at radius 1 is 1.41 bits per heavy atom. The fourth-order valence-corrected chi connectivity index (χ4v) is 2.20. The smallest absolute Gasteiger partial charge is 0.190 e. The first-order chi connectivity index (χ1) is 8.12. The van der Waals surface area contributed by atoms with Crippen molar-refractivity contribution in [2.24, 2.45) is 0 Å². The number of nitrogens with zero attached hydrogens (tertiary/aromatic N) is 3. The molecule has 0 unspecified atom stereocenters. The molecule has 0 spiro atoms. The second-order valence-corrected chi connectivity index (χ2v) is 5.32. The molecule has 0 fully saturated rings. The summed E-state index contributed by atoms with van der Waals surface area (Å²) in [7, 11) is 0. The summed E-state index contributed by atoms with van der Waals surface area (Å²) in [6.07, 6.45) is 2.76. The Morgan fingerprint density at radius 3 is 2.65 bits per heavy atom. The van der Waals surface area contributed by atoms with E-state index in [1.165, 1.54) is 0 Å². The minimum atomic E-state index is 0.303. The van der Waals surface area contributed by atoms with E-state index in [4.69, 9.17) is 11.0 Å². The lowest BCUT2D eigenvalue weighted by Gasteiger charge is -2.10. The summed E-state index contributed by atoms with van der Waals surface area (Å²) in [5.41, 5.74) is 7.00. The highest BCUT2D eigenvalue weighted by Crippen LogP contribution is 2.25. The van der Waals surface area contributed by atoms with Crippen molar-refractivity contribution in [1.82, 2.24) is 9.97 Å². The van der Waals surface area contributed by atoms with Gasteiger partial charge in [0.25, 0.3) is 0 Å².